The number of rotatable bonds is 6. The molecule has 2 aromatic heterocycles. The maximum atomic E-state index is 5.18. The Labute approximate surface area is 267 Å². The van der Waals surface area contributed by atoms with Gasteiger partial charge in [-0.1, -0.05) is 102 Å². The Morgan fingerprint density at radius 2 is 0.814 bits per heavy atom. The van der Waals surface area contributed by atoms with Gasteiger partial charge in [0.2, 0.25) is 0 Å². The maximum Gasteiger partial charge on any atom is 2.00 e. The van der Waals surface area contributed by atoms with Crippen molar-refractivity contribution in [3.05, 3.63) is 170 Å². The van der Waals surface area contributed by atoms with E-state index >= 15 is 0 Å². The van der Waals surface area contributed by atoms with Crippen LogP contribution >= 0.6 is 0 Å². The van der Waals surface area contributed by atoms with Crippen molar-refractivity contribution in [3.8, 4) is 67.2 Å². The Kier molecular flexibility index (Phi) is 8.49. The van der Waals surface area contributed by atoms with Gasteiger partial charge in [0.05, 0.1) is 17.1 Å². The molecule has 0 unspecified atom stereocenters. The Morgan fingerprint density at radius 1 is 0.372 bits per heavy atom. The SMILES string of the molecule is [Pt+2].[c-]1ccccc1-c1ccccc1-c1cccc(-c2ccccc2-c2[c-]c(-c3ccccc3-c3ccccn3)ccc2)n1. The number of nitrogens with zero attached hydrogens (tertiary/aromatic N) is 2. The first-order valence-electron chi connectivity index (χ1n) is 14.0. The molecule has 7 aromatic rings. The number of hydrogen-bond acceptors (Lipinski definition) is 2. The second-order valence-electron chi connectivity index (χ2n) is 10.0. The minimum atomic E-state index is 0. The molecule has 206 valence electrons. The molecule has 0 amide bonds. The van der Waals surface area contributed by atoms with Crippen LogP contribution in [0.4, 0.5) is 0 Å². The third kappa shape index (κ3) is 5.88. The summed E-state index contributed by atoms with van der Waals surface area (Å²) >= 11 is 0. The number of benzene rings is 5. The van der Waals surface area contributed by atoms with Crippen molar-refractivity contribution < 1.29 is 21.1 Å². The van der Waals surface area contributed by atoms with Gasteiger partial charge in [0.15, 0.2) is 0 Å². The fraction of sp³-hybridized carbons (Fsp3) is 0. The number of pyridine rings is 2. The third-order valence-electron chi connectivity index (χ3n) is 7.40. The Hall–Kier alpha value is -4.91. The predicted molar refractivity (Wildman–Crippen MR) is 172 cm³/mol. The molecule has 0 fully saturated rings. The summed E-state index contributed by atoms with van der Waals surface area (Å²) in [5, 5.41) is 0. The minimum Gasteiger partial charge on any atom is -0.257 e. The van der Waals surface area contributed by atoms with Gasteiger partial charge in [-0.05, 0) is 41.0 Å². The van der Waals surface area contributed by atoms with E-state index in [4.69, 9.17) is 4.98 Å². The van der Waals surface area contributed by atoms with Crippen molar-refractivity contribution in [2.75, 3.05) is 0 Å². The van der Waals surface area contributed by atoms with E-state index in [9.17, 15) is 0 Å². The Morgan fingerprint density at radius 3 is 1.35 bits per heavy atom. The van der Waals surface area contributed by atoms with E-state index in [1.807, 2.05) is 42.6 Å². The van der Waals surface area contributed by atoms with Crippen molar-refractivity contribution >= 4 is 0 Å². The van der Waals surface area contributed by atoms with Crippen molar-refractivity contribution in [2.24, 2.45) is 0 Å². The molecule has 0 saturated heterocycles. The summed E-state index contributed by atoms with van der Waals surface area (Å²) in [7, 11) is 0. The quantitative estimate of drug-likeness (QED) is 0.159. The van der Waals surface area contributed by atoms with Gasteiger partial charge < -0.3 is 0 Å². The van der Waals surface area contributed by atoms with E-state index in [1.165, 1.54) is 0 Å². The number of aromatic nitrogens is 2. The molecule has 0 N–H and O–H groups in total. The molecule has 5 aromatic carbocycles. The molecule has 43 heavy (non-hydrogen) atoms. The Bertz CT molecular complexity index is 1840. The minimum absolute atomic E-state index is 0. The molecule has 2 heterocycles. The van der Waals surface area contributed by atoms with Gasteiger partial charge in [0.25, 0.3) is 0 Å². The summed E-state index contributed by atoms with van der Waals surface area (Å²) in [6.07, 6.45) is 1.83. The van der Waals surface area contributed by atoms with Gasteiger partial charge in [-0.15, -0.1) is 71.3 Å². The van der Waals surface area contributed by atoms with Crippen LogP contribution in [0.15, 0.2) is 158 Å². The van der Waals surface area contributed by atoms with Crippen LogP contribution in [-0.4, -0.2) is 9.97 Å². The van der Waals surface area contributed by atoms with Crippen LogP contribution < -0.4 is 0 Å². The molecule has 7 rings (SSSR count). The normalized spacial score (nSPS) is 10.6. The second-order valence-corrected chi connectivity index (χ2v) is 10.0. The van der Waals surface area contributed by atoms with Crippen LogP contribution in [0.1, 0.15) is 0 Å². The van der Waals surface area contributed by atoms with E-state index < -0.39 is 0 Å². The van der Waals surface area contributed by atoms with Gasteiger partial charge in [-0.25, -0.2) is 4.98 Å². The standard InChI is InChI=1S/C40H26N2.Pt/c1-2-14-29(15-3-1)32-18-4-8-22-36(32)39-25-13-26-40(42-39)37-23-9-6-20-34(37)31-17-12-16-30(28-31)33-19-5-7-21-35(33)38-24-10-11-27-41-38;/h1-14,16-27H;/q-2;+2. The Balaban J connectivity index is 0.00000329. The fourth-order valence-corrected chi connectivity index (χ4v) is 5.42. The summed E-state index contributed by atoms with van der Waals surface area (Å²) in [6, 6.07) is 58.9. The average Bonchev–Trinajstić information content (AvgIpc) is 3.09. The van der Waals surface area contributed by atoms with Crippen molar-refractivity contribution in [1.29, 1.82) is 0 Å². The first-order chi connectivity index (χ1) is 20.8. The smallest absolute Gasteiger partial charge is 0.257 e. The van der Waals surface area contributed by atoms with E-state index in [-0.39, 0.29) is 21.1 Å². The molecule has 0 bridgehead atoms. The summed E-state index contributed by atoms with van der Waals surface area (Å²) < 4.78 is 0. The van der Waals surface area contributed by atoms with Gasteiger partial charge in [-0.3, -0.25) is 4.98 Å². The molecule has 0 aliphatic heterocycles. The first kappa shape index (κ1) is 28.2. The molecule has 0 spiro atoms. The largest absolute Gasteiger partial charge is 2.00 e. The van der Waals surface area contributed by atoms with Crippen molar-refractivity contribution in [2.45, 2.75) is 0 Å². The van der Waals surface area contributed by atoms with Crippen LogP contribution in [0.25, 0.3) is 67.2 Å². The van der Waals surface area contributed by atoms with Gasteiger partial charge >= 0.3 is 21.1 Å². The molecule has 0 aliphatic rings. The molecular weight excluding hydrogens is 704 g/mol. The molecule has 3 heteroatoms. The van der Waals surface area contributed by atoms with Gasteiger partial charge in [0, 0.05) is 6.20 Å². The molecule has 0 radical (unpaired) electrons. The molecule has 0 aliphatic carbocycles. The van der Waals surface area contributed by atoms with Crippen molar-refractivity contribution in [3.63, 3.8) is 0 Å². The second kappa shape index (κ2) is 12.9. The van der Waals surface area contributed by atoms with Crippen LogP contribution in [0, 0.1) is 12.1 Å². The van der Waals surface area contributed by atoms with Crippen LogP contribution in [0.5, 0.6) is 0 Å². The third-order valence-corrected chi connectivity index (χ3v) is 7.40. The molecule has 0 saturated carbocycles. The van der Waals surface area contributed by atoms with Crippen LogP contribution in [-0.2, 0) is 21.1 Å². The first-order valence-corrected chi connectivity index (χ1v) is 14.0. The van der Waals surface area contributed by atoms with E-state index in [0.717, 1.165) is 67.2 Å². The number of hydrogen-bond donors (Lipinski definition) is 0. The molecule has 2 nitrogen and oxygen atoms in total. The maximum absolute atomic E-state index is 5.18. The van der Waals surface area contributed by atoms with E-state index in [2.05, 4.69) is 132 Å². The topological polar surface area (TPSA) is 25.8 Å². The van der Waals surface area contributed by atoms with Gasteiger partial charge in [-0.2, -0.15) is 0 Å². The predicted octanol–water partition coefficient (Wildman–Crippen LogP) is 10.1. The summed E-state index contributed by atoms with van der Waals surface area (Å²) in [5.74, 6) is 0. The summed E-state index contributed by atoms with van der Waals surface area (Å²) in [6.45, 7) is 0. The monoisotopic (exact) mass is 729 g/mol. The van der Waals surface area contributed by atoms with Crippen molar-refractivity contribution in [1.82, 2.24) is 9.97 Å². The van der Waals surface area contributed by atoms with Gasteiger partial charge in [0.1, 0.15) is 0 Å². The zero-order valence-electron chi connectivity index (χ0n) is 23.2. The fourth-order valence-electron chi connectivity index (χ4n) is 5.42. The van der Waals surface area contributed by atoms with E-state index in [1.54, 1.807) is 0 Å². The van der Waals surface area contributed by atoms with Crippen LogP contribution in [0.3, 0.4) is 0 Å². The zero-order chi connectivity index (χ0) is 28.1. The van der Waals surface area contributed by atoms with Crippen LogP contribution in [0.2, 0.25) is 0 Å². The molecule has 0 atom stereocenters. The average molecular weight is 730 g/mol. The molecular formula is C40H26N2Pt. The zero-order valence-corrected chi connectivity index (χ0v) is 25.5. The summed E-state index contributed by atoms with van der Waals surface area (Å²) in [5.41, 5.74) is 12.4. The van der Waals surface area contributed by atoms with E-state index in [0.29, 0.717) is 0 Å². The summed E-state index contributed by atoms with van der Waals surface area (Å²) in [4.78, 5) is 9.79.